The average molecular weight is 576 g/mol. The standard InChI is InChI=1S/C26H24F3N5O5S/c1-3-30-25(38)33-21-10-16(23-32-20(13-40-23)26(27,28)29)17(11-31-21)14-5-6-15-19(9-14)34(7-8-35)12-18(22(15)36)24(37)39-4-2/h5-6,9-13,35H,3-4,7-8H2,1-2H3,(H2,30,31,33,38). The monoisotopic (exact) mass is 575 g/mol. The summed E-state index contributed by atoms with van der Waals surface area (Å²) in [4.78, 5) is 45.5. The first kappa shape index (κ1) is 28.7. The van der Waals surface area contributed by atoms with Crippen LogP contribution in [0.4, 0.5) is 23.8 Å². The summed E-state index contributed by atoms with van der Waals surface area (Å²) in [5.74, 6) is -0.707. The molecule has 0 unspecified atom stereocenters. The zero-order valence-corrected chi connectivity index (χ0v) is 22.2. The Labute approximate surface area is 229 Å². The lowest BCUT2D eigenvalue weighted by Gasteiger charge is -2.15. The third-order valence-corrected chi connectivity index (χ3v) is 6.61. The van der Waals surface area contributed by atoms with Gasteiger partial charge in [0.1, 0.15) is 16.4 Å². The second-order valence-electron chi connectivity index (χ2n) is 8.38. The van der Waals surface area contributed by atoms with Crippen LogP contribution >= 0.6 is 11.3 Å². The summed E-state index contributed by atoms with van der Waals surface area (Å²) >= 11 is 0.776. The summed E-state index contributed by atoms with van der Waals surface area (Å²) < 4.78 is 46.5. The number of hydrogen-bond acceptors (Lipinski definition) is 8. The van der Waals surface area contributed by atoms with Gasteiger partial charge in [-0.15, -0.1) is 11.3 Å². The first-order valence-corrected chi connectivity index (χ1v) is 13.0. The largest absolute Gasteiger partial charge is 0.462 e. The van der Waals surface area contributed by atoms with Crippen molar-refractivity contribution in [3.63, 3.8) is 0 Å². The number of halogens is 3. The van der Waals surface area contributed by atoms with E-state index in [4.69, 9.17) is 4.74 Å². The van der Waals surface area contributed by atoms with Crippen molar-refractivity contribution in [3.05, 3.63) is 63.5 Å². The van der Waals surface area contributed by atoms with Gasteiger partial charge in [-0.2, -0.15) is 13.2 Å². The van der Waals surface area contributed by atoms with Crippen molar-refractivity contribution in [3.8, 4) is 21.7 Å². The van der Waals surface area contributed by atoms with E-state index in [1.54, 1.807) is 26.0 Å². The van der Waals surface area contributed by atoms with Crippen molar-refractivity contribution < 1.29 is 32.6 Å². The second-order valence-corrected chi connectivity index (χ2v) is 9.23. The number of hydrogen-bond donors (Lipinski definition) is 3. The van der Waals surface area contributed by atoms with Gasteiger partial charge in [0, 0.05) is 47.4 Å². The number of fused-ring (bicyclic) bond motifs is 1. The predicted molar refractivity (Wildman–Crippen MR) is 143 cm³/mol. The molecule has 0 saturated heterocycles. The zero-order chi connectivity index (χ0) is 29.0. The van der Waals surface area contributed by atoms with Gasteiger partial charge in [0.25, 0.3) is 0 Å². The number of rotatable bonds is 8. The molecule has 3 aromatic heterocycles. The van der Waals surface area contributed by atoms with Gasteiger partial charge in [-0.3, -0.25) is 10.1 Å². The molecule has 0 radical (unpaired) electrons. The Morgan fingerprint density at radius 1 is 1.18 bits per heavy atom. The van der Waals surface area contributed by atoms with E-state index in [-0.39, 0.29) is 47.1 Å². The molecule has 0 fully saturated rings. The molecule has 40 heavy (non-hydrogen) atoms. The topological polar surface area (TPSA) is 135 Å². The van der Waals surface area contributed by atoms with Crippen LogP contribution in [0.15, 0.2) is 46.8 Å². The number of benzene rings is 1. The number of carbonyl (C=O) groups is 2. The molecule has 1 aromatic carbocycles. The number of anilines is 1. The molecular formula is C26H24F3N5O5S. The van der Waals surface area contributed by atoms with E-state index in [1.807, 2.05) is 0 Å². The van der Waals surface area contributed by atoms with E-state index in [0.29, 0.717) is 23.2 Å². The highest BCUT2D eigenvalue weighted by Crippen LogP contribution is 2.39. The zero-order valence-electron chi connectivity index (χ0n) is 21.3. The highest BCUT2D eigenvalue weighted by Gasteiger charge is 2.34. The molecule has 0 aliphatic heterocycles. The third-order valence-electron chi connectivity index (χ3n) is 5.74. The Bertz CT molecular complexity index is 1630. The number of nitrogens with zero attached hydrogens (tertiary/aromatic N) is 3. The number of esters is 1. The molecular weight excluding hydrogens is 551 g/mol. The van der Waals surface area contributed by atoms with Crippen molar-refractivity contribution in [2.24, 2.45) is 0 Å². The number of thiazole rings is 1. The average Bonchev–Trinajstić information content (AvgIpc) is 3.41. The summed E-state index contributed by atoms with van der Waals surface area (Å²) in [6.45, 7) is 3.51. The maximum atomic E-state index is 13.3. The fourth-order valence-electron chi connectivity index (χ4n) is 3.98. The number of nitrogens with one attached hydrogen (secondary N) is 2. The van der Waals surface area contributed by atoms with Crippen LogP contribution in [-0.2, 0) is 17.5 Å². The fraction of sp³-hybridized carbons (Fsp3) is 0.269. The SMILES string of the molecule is CCNC(=O)Nc1cc(-c2nc(C(F)(F)F)cs2)c(-c2ccc3c(=O)c(C(=O)OCC)cn(CCO)c3c2)cn1. The lowest BCUT2D eigenvalue weighted by Crippen LogP contribution is -2.28. The van der Waals surface area contributed by atoms with E-state index >= 15 is 0 Å². The van der Waals surface area contributed by atoms with E-state index < -0.39 is 29.3 Å². The number of aliphatic hydroxyl groups excluding tert-OH is 1. The van der Waals surface area contributed by atoms with Gasteiger partial charge in [0.05, 0.1) is 18.7 Å². The van der Waals surface area contributed by atoms with Crippen molar-refractivity contribution in [1.82, 2.24) is 19.9 Å². The molecule has 0 bridgehead atoms. The lowest BCUT2D eigenvalue weighted by atomic mass is 9.99. The van der Waals surface area contributed by atoms with E-state index in [9.17, 15) is 32.7 Å². The molecule has 0 atom stereocenters. The van der Waals surface area contributed by atoms with Gasteiger partial charge >= 0.3 is 18.2 Å². The number of pyridine rings is 2. The first-order chi connectivity index (χ1) is 19.1. The van der Waals surface area contributed by atoms with Gasteiger partial charge in [-0.05, 0) is 37.6 Å². The van der Waals surface area contributed by atoms with Gasteiger partial charge in [-0.25, -0.2) is 19.6 Å². The molecule has 0 spiro atoms. The number of alkyl halides is 3. The van der Waals surface area contributed by atoms with Gasteiger partial charge in [0.2, 0.25) is 5.43 Å². The quantitative estimate of drug-likeness (QED) is 0.263. The number of aliphatic hydroxyl groups is 1. The summed E-state index contributed by atoms with van der Waals surface area (Å²) in [5.41, 5.74) is -0.335. The number of urea groups is 1. The Kier molecular flexibility index (Phi) is 8.49. The summed E-state index contributed by atoms with van der Waals surface area (Å²) in [7, 11) is 0. The van der Waals surface area contributed by atoms with Crippen LogP contribution in [0.25, 0.3) is 32.6 Å². The number of carbonyl (C=O) groups excluding carboxylic acids is 2. The number of ether oxygens (including phenoxy) is 1. The number of amides is 2. The highest BCUT2D eigenvalue weighted by atomic mass is 32.1. The first-order valence-electron chi connectivity index (χ1n) is 12.1. The van der Waals surface area contributed by atoms with Gasteiger partial charge in [-0.1, -0.05) is 6.07 Å². The minimum Gasteiger partial charge on any atom is -0.462 e. The van der Waals surface area contributed by atoms with Crippen LogP contribution in [0, 0.1) is 0 Å². The molecule has 0 aliphatic carbocycles. The van der Waals surface area contributed by atoms with Crippen LogP contribution in [0.2, 0.25) is 0 Å². The van der Waals surface area contributed by atoms with Crippen molar-refractivity contribution in [2.45, 2.75) is 26.6 Å². The Morgan fingerprint density at radius 3 is 2.60 bits per heavy atom. The Balaban J connectivity index is 1.90. The summed E-state index contributed by atoms with van der Waals surface area (Å²) in [5, 5.41) is 15.8. The van der Waals surface area contributed by atoms with E-state index in [2.05, 4.69) is 20.6 Å². The molecule has 10 nitrogen and oxygen atoms in total. The van der Waals surface area contributed by atoms with Crippen LogP contribution in [0.5, 0.6) is 0 Å². The molecule has 0 saturated carbocycles. The maximum absolute atomic E-state index is 13.3. The minimum atomic E-state index is -4.65. The molecule has 3 N–H and O–H groups in total. The van der Waals surface area contributed by atoms with Crippen molar-refractivity contribution in [1.29, 1.82) is 0 Å². The fourth-order valence-corrected chi connectivity index (χ4v) is 4.84. The van der Waals surface area contributed by atoms with Crippen LogP contribution in [-0.4, -0.2) is 51.4 Å². The third kappa shape index (κ3) is 5.97. The summed E-state index contributed by atoms with van der Waals surface area (Å²) in [6.07, 6.45) is -1.96. The van der Waals surface area contributed by atoms with Crippen molar-refractivity contribution in [2.75, 3.05) is 25.1 Å². The Hall–Kier alpha value is -4.30. The van der Waals surface area contributed by atoms with Crippen molar-refractivity contribution >= 4 is 40.1 Å². The molecule has 210 valence electrons. The number of aromatic nitrogens is 3. The van der Waals surface area contributed by atoms with Crippen LogP contribution < -0.4 is 16.1 Å². The summed E-state index contributed by atoms with van der Waals surface area (Å²) in [6, 6.07) is 5.53. The van der Waals surface area contributed by atoms with E-state index in [0.717, 1.165) is 16.7 Å². The Morgan fingerprint density at radius 2 is 1.95 bits per heavy atom. The molecule has 0 aliphatic rings. The minimum absolute atomic E-state index is 0.0363. The second kappa shape index (κ2) is 11.8. The maximum Gasteiger partial charge on any atom is 0.434 e. The molecule has 2 amide bonds. The normalized spacial score (nSPS) is 11.4. The molecule has 3 heterocycles. The molecule has 14 heteroatoms. The molecule has 4 rings (SSSR count). The predicted octanol–water partition coefficient (Wildman–Crippen LogP) is 4.52. The smallest absolute Gasteiger partial charge is 0.434 e. The van der Waals surface area contributed by atoms with Crippen LogP contribution in [0.1, 0.15) is 29.9 Å². The van der Waals surface area contributed by atoms with Gasteiger partial charge < -0.3 is 19.7 Å². The van der Waals surface area contributed by atoms with E-state index in [1.165, 1.54) is 29.1 Å². The lowest BCUT2D eigenvalue weighted by molar-refractivity contribution is -0.140. The van der Waals surface area contributed by atoms with Gasteiger partial charge in [0.15, 0.2) is 5.69 Å². The highest BCUT2D eigenvalue weighted by molar-refractivity contribution is 7.13. The molecule has 4 aromatic rings. The van der Waals surface area contributed by atoms with Crippen LogP contribution in [0.3, 0.4) is 0 Å².